The zero-order chi connectivity index (χ0) is 12.8. The SMILES string of the molecule is CC(=O)Nc1ccc(C[C@@H](C)NC(C)C)cc1. The van der Waals surface area contributed by atoms with Gasteiger partial charge in [0.05, 0.1) is 0 Å². The molecule has 1 atom stereocenters. The third-order valence-electron chi connectivity index (χ3n) is 2.43. The summed E-state index contributed by atoms with van der Waals surface area (Å²) in [6, 6.07) is 8.97. The van der Waals surface area contributed by atoms with E-state index in [0.29, 0.717) is 12.1 Å². The van der Waals surface area contributed by atoms with Gasteiger partial charge in [0, 0.05) is 24.7 Å². The second-order valence-electron chi connectivity index (χ2n) is 4.80. The van der Waals surface area contributed by atoms with Gasteiger partial charge in [0.1, 0.15) is 0 Å². The molecule has 0 saturated carbocycles. The van der Waals surface area contributed by atoms with Gasteiger partial charge < -0.3 is 10.6 Å². The first-order chi connectivity index (χ1) is 7.97. The van der Waals surface area contributed by atoms with Crippen LogP contribution in [0.4, 0.5) is 5.69 Å². The zero-order valence-corrected chi connectivity index (χ0v) is 11.1. The molecule has 3 nitrogen and oxygen atoms in total. The first-order valence-corrected chi connectivity index (χ1v) is 6.10. The zero-order valence-electron chi connectivity index (χ0n) is 11.1. The molecule has 0 spiro atoms. The van der Waals surface area contributed by atoms with Crippen LogP contribution in [0.1, 0.15) is 33.3 Å². The second-order valence-corrected chi connectivity index (χ2v) is 4.80. The third kappa shape index (κ3) is 5.50. The summed E-state index contributed by atoms with van der Waals surface area (Å²) in [7, 11) is 0. The number of hydrogen-bond acceptors (Lipinski definition) is 2. The topological polar surface area (TPSA) is 41.1 Å². The number of benzene rings is 1. The van der Waals surface area contributed by atoms with Gasteiger partial charge in [-0.05, 0) is 31.0 Å². The lowest BCUT2D eigenvalue weighted by Gasteiger charge is -2.16. The maximum Gasteiger partial charge on any atom is 0.221 e. The summed E-state index contributed by atoms with van der Waals surface area (Å²) in [5, 5.41) is 6.23. The second kappa shape index (κ2) is 6.40. The van der Waals surface area contributed by atoms with Crippen LogP contribution in [-0.2, 0) is 11.2 Å². The van der Waals surface area contributed by atoms with E-state index in [0.717, 1.165) is 12.1 Å². The minimum Gasteiger partial charge on any atom is -0.326 e. The van der Waals surface area contributed by atoms with Crippen molar-refractivity contribution >= 4 is 11.6 Å². The molecule has 2 N–H and O–H groups in total. The van der Waals surface area contributed by atoms with Crippen molar-refractivity contribution in [1.29, 1.82) is 0 Å². The van der Waals surface area contributed by atoms with Crippen LogP contribution in [0.15, 0.2) is 24.3 Å². The Morgan fingerprint density at radius 2 is 1.76 bits per heavy atom. The average Bonchev–Trinajstić information content (AvgIpc) is 2.18. The Morgan fingerprint density at radius 3 is 2.24 bits per heavy atom. The quantitative estimate of drug-likeness (QED) is 0.822. The number of nitrogens with one attached hydrogen (secondary N) is 2. The summed E-state index contributed by atoms with van der Waals surface area (Å²) < 4.78 is 0. The van der Waals surface area contributed by atoms with E-state index in [9.17, 15) is 4.79 Å². The van der Waals surface area contributed by atoms with Gasteiger partial charge in [-0.2, -0.15) is 0 Å². The fourth-order valence-electron chi connectivity index (χ4n) is 1.91. The molecule has 1 amide bonds. The van der Waals surface area contributed by atoms with Crippen LogP contribution in [0.2, 0.25) is 0 Å². The van der Waals surface area contributed by atoms with Crippen molar-refractivity contribution in [3.05, 3.63) is 29.8 Å². The molecule has 0 bridgehead atoms. The Balaban J connectivity index is 2.53. The van der Waals surface area contributed by atoms with Crippen molar-refractivity contribution in [1.82, 2.24) is 5.32 Å². The maximum absolute atomic E-state index is 10.9. The molecule has 0 unspecified atom stereocenters. The summed E-state index contributed by atoms with van der Waals surface area (Å²) in [6.45, 7) is 8.00. The van der Waals surface area contributed by atoms with Crippen LogP contribution >= 0.6 is 0 Å². The highest BCUT2D eigenvalue weighted by Crippen LogP contribution is 2.11. The molecule has 1 rings (SSSR count). The molecule has 1 aromatic carbocycles. The molecule has 3 heteroatoms. The molecule has 94 valence electrons. The highest BCUT2D eigenvalue weighted by atomic mass is 16.1. The Labute approximate surface area is 104 Å². The number of anilines is 1. The van der Waals surface area contributed by atoms with Crippen LogP contribution in [0.5, 0.6) is 0 Å². The van der Waals surface area contributed by atoms with Crippen molar-refractivity contribution in [3.8, 4) is 0 Å². The summed E-state index contributed by atoms with van der Waals surface area (Å²) in [5.41, 5.74) is 2.13. The molecule has 0 fully saturated rings. The lowest BCUT2D eigenvalue weighted by Crippen LogP contribution is -2.33. The lowest BCUT2D eigenvalue weighted by atomic mass is 10.1. The highest BCUT2D eigenvalue weighted by molar-refractivity contribution is 5.88. The van der Waals surface area contributed by atoms with E-state index in [2.05, 4.69) is 43.5 Å². The van der Waals surface area contributed by atoms with Crippen molar-refractivity contribution < 1.29 is 4.79 Å². The predicted molar refractivity (Wildman–Crippen MR) is 72.2 cm³/mol. The third-order valence-corrected chi connectivity index (χ3v) is 2.43. The highest BCUT2D eigenvalue weighted by Gasteiger charge is 2.04. The normalized spacial score (nSPS) is 12.5. The molecule has 0 radical (unpaired) electrons. The van der Waals surface area contributed by atoms with E-state index < -0.39 is 0 Å². The van der Waals surface area contributed by atoms with Crippen molar-refractivity contribution in [2.75, 3.05) is 5.32 Å². The average molecular weight is 234 g/mol. The van der Waals surface area contributed by atoms with E-state index in [1.54, 1.807) is 0 Å². The largest absolute Gasteiger partial charge is 0.326 e. The fourth-order valence-corrected chi connectivity index (χ4v) is 1.91. The number of carbonyl (C=O) groups is 1. The molecular formula is C14H22N2O. The number of rotatable bonds is 5. The van der Waals surface area contributed by atoms with E-state index in [1.165, 1.54) is 12.5 Å². The van der Waals surface area contributed by atoms with Crippen LogP contribution < -0.4 is 10.6 Å². The Morgan fingerprint density at radius 1 is 1.18 bits per heavy atom. The first kappa shape index (κ1) is 13.7. The van der Waals surface area contributed by atoms with E-state index in [4.69, 9.17) is 0 Å². The standard InChI is InChI=1S/C14H22N2O/c1-10(2)15-11(3)9-13-5-7-14(8-6-13)16-12(4)17/h5-8,10-11,15H,9H2,1-4H3,(H,16,17)/t11-/m1/s1. The van der Waals surface area contributed by atoms with Gasteiger partial charge in [-0.3, -0.25) is 4.79 Å². The molecule has 0 aliphatic carbocycles. The van der Waals surface area contributed by atoms with Crippen LogP contribution in [0.25, 0.3) is 0 Å². The summed E-state index contributed by atoms with van der Waals surface area (Å²) in [6.07, 6.45) is 0.999. The summed E-state index contributed by atoms with van der Waals surface area (Å²) in [4.78, 5) is 10.9. The molecule has 0 aromatic heterocycles. The number of hydrogen-bond donors (Lipinski definition) is 2. The van der Waals surface area contributed by atoms with Gasteiger partial charge in [-0.25, -0.2) is 0 Å². The monoisotopic (exact) mass is 234 g/mol. The smallest absolute Gasteiger partial charge is 0.221 e. The molecule has 0 heterocycles. The van der Waals surface area contributed by atoms with Crippen LogP contribution in [0.3, 0.4) is 0 Å². The molecule has 0 aliphatic heterocycles. The minimum absolute atomic E-state index is 0.0346. The van der Waals surface area contributed by atoms with E-state index in [-0.39, 0.29) is 5.91 Å². The van der Waals surface area contributed by atoms with Crippen molar-refractivity contribution in [3.63, 3.8) is 0 Å². The molecule has 0 saturated heterocycles. The van der Waals surface area contributed by atoms with Crippen molar-refractivity contribution in [2.45, 2.75) is 46.2 Å². The Hall–Kier alpha value is -1.35. The molecular weight excluding hydrogens is 212 g/mol. The molecule has 17 heavy (non-hydrogen) atoms. The van der Waals surface area contributed by atoms with Crippen molar-refractivity contribution in [2.24, 2.45) is 0 Å². The summed E-state index contributed by atoms with van der Waals surface area (Å²) >= 11 is 0. The van der Waals surface area contributed by atoms with Gasteiger partial charge >= 0.3 is 0 Å². The maximum atomic E-state index is 10.9. The van der Waals surface area contributed by atoms with Crippen LogP contribution in [-0.4, -0.2) is 18.0 Å². The number of carbonyl (C=O) groups excluding carboxylic acids is 1. The molecule has 1 aromatic rings. The van der Waals surface area contributed by atoms with Gasteiger partial charge in [-0.15, -0.1) is 0 Å². The number of amides is 1. The predicted octanol–water partition coefficient (Wildman–Crippen LogP) is 2.57. The first-order valence-electron chi connectivity index (χ1n) is 6.10. The van der Waals surface area contributed by atoms with Gasteiger partial charge in [0.2, 0.25) is 5.91 Å². The van der Waals surface area contributed by atoms with E-state index >= 15 is 0 Å². The summed E-state index contributed by atoms with van der Waals surface area (Å²) in [5.74, 6) is -0.0346. The van der Waals surface area contributed by atoms with E-state index in [1.807, 2.05) is 12.1 Å². The lowest BCUT2D eigenvalue weighted by molar-refractivity contribution is -0.114. The molecule has 0 aliphatic rings. The van der Waals surface area contributed by atoms with Gasteiger partial charge in [0.25, 0.3) is 0 Å². The van der Waals surface area contributed by atoms with Gasteiger partial charge in [0.15, 0.2) is 0 Å². The van der Waals surface area contributed by atoms with Crippen LogP contribution in [0, 0.1) is 0 Å². The minimum atomic E-state index is -0.0346. The Bertz CT molecular complexity index is 357. The van der Waals surface area contributed by atoms with Gasteiger partial charge in [-0.1, -0.05) is 26.0 Å². The Kier molecular flexibility index (Phi) is 5.16. The fraction of sp³-hybridized carbons (Fsp3) is 0.500.